The van der Waals surface area contributed by atoms with E-state index in [1.54, 1.807) is 6.20 Å². The van der Waals surface area contributed by atoms with Gasteiger partial charge in [-0.1, -0.05) is 5.21 Å². The second-order valence-corrected chi connectivity index (χ2v) is 7.26. The number of hydrogen-bond acceptors (Lipinski definition) is 5. The molecule has 0 aromatic carbocycles. The minimum atomic E-state index is 0.136. The third-order valence-corrected chi connectivity index (χ3v) is 5.35. The number of imidazole rings is 1. The molecule has 4 rings (SSSR count). The number of carbonyl (C=O) groups excluding carboxylic acids is 1. The number of likely N-dealkylation sites (tertiary alicyclic amines) is 1. The van der Waals surface area contributed by atoms with Gasteiger partial charge in [0.25, 0.3) is 0 Å². The van der Waals surface area contributed by atoms with Crippen LogP contribution in [-0.4, -0.2) is 73.5 Å². The topological polar surface area (TPSA) is 72.1 Å². The molecule has 4 heterocycles. The molecule has 2 aromatic heterocycles. The summed E-state index contributed by atoms with van der Waals surface area (Å²) >= 11 is 0. The molecule has 2 aliphatic heterocycles. The molecule has 0 spiro atoms. The van der Waals surface area contributed by atoms with Gasteiger partial charge in [-0.05, 0) is 26.9 Å². The predicted octanol–water partition coefficient (Wildman–Crippen LogP) is 0.367. The minimum absolute atomic E-state index is 0.136. The summed E-state index contributed by atoms with van der Waals surface area (Å²) in [4.78, 5) is 21.6. The van der Waals surface area contributed by atoms with E-state index in [2.05, 4.69) is 31.0 Å². The first-order chi connectivity index (χ1) is 12.1. The van der Waals surface area contributed by atoms with E-state index < -0.39 is 0 Å². The van der Waals surface area contributed by atoms with Crippen molar-refractivity contribution in [2.45, 2.75) is 44.3 Å². The lowest BCUT2D eigenvalue weighted by molar-refractivity contribution is -0.129. The highest BCUT2D eigenvalue weighted by molar-refractivity contribution is 5.78. The third-order valence-electron chi connectivity index (χ3n) is 5.35. The molecule has 2 aromatic rings. The Hall–Kier alpha value is -2.22. The van der Waals surface area contributed by atoms with Gasteiger partial charge in [0.2, 0.25) is 5.91 Å². The highest BCUT2D eigenvalue weighted by Crippen LogP contribution is 2.25. The average Bonchev–Trinajstić information content (AvgIpc) is 3.32. The van der Waals surface area contributed by atoms with E-state index in [1.807, 2.05) is 29.9 Å². The van der Waals surface area contributed by atoms with E-state index in [4.69, 9.17) is 0 Å². The second-order valence-electron chi connectivity index (χ2n) is 7.26. The van der Waals surface area contributed by atoms with Crippen molar-refractivity contribution < 1.29 is 4.79 Å². The molecule has 1 saturated heterocycles. The Balaban J connectivity index is 1.46. The van der Waals surface area contributed by atoms with Crippen LogP contribution in [0, 0.1) is 0 Å². The van der Waals surface area contributed by atoms with Crippen molar-refractivity contribution in [2.75, 3.05) is 27.2 Å². The first kappa shape index (κ1) is 16.3. The fraction of sp³-hybridized carbons (Fsp3) is 0.647. The maximum atomic E-state index is 12.8. The standard InChI is InChI=1S/C17H25N7O/c1-21(2)14-11-23(12-15(14)24-8-6-18-20-24)17(25)9-13-10-22-7-4-3-5-16(22)19-13/h6,8,10,14-15H,3-5,7,9,11-12H2,1-2H3/t14-,15+/m1/s1. The van der Waals surface area contributed by atoms with E-state index in [0.29, 0.717) is 19.5 Å². The average molecular weight is 343 g/mol. The number of nitrogens with zero attached hydrogens (tertiary/aromatic N) is 7. The number of aromatic nitrogens is 5. The zero-order chi connectivity index (χ0) is 17.4. The van der Waals surface area contributed by atoms with Gasteiger partial charge in [0, 0.05) is 38.4 Å². The van der Waals surface area contributed by atoms with E-state index >= 15 is 0 Å². The zero-order valence-electron chi connectivity index (χ0n) is 14.9. The number of hydrogen-bond donors (Lipinski definition) is 0. The Labute approximate surface area is 147 Å². The highest BCUT2D eigenvalue weighted by atomic mass is 16.2. The lowest BCUT2D eigenvalue weighted by Gasteiger charge is -2.24. The Bertz CT molecular complexity index is 713. The number of amides is 1. The second kappa shape index (κ2) is 6.59. The fourth-order valence-electron chi connectivity index (χ4n) is 3.96. The van der Waals surface area contributed by atoms with Crippen LogP contribution in [0.3, 0.4) is 0 Å². The quantitative estimate of drug-likeness (QED) is 0.802. The van der Waals surface area contributed by atoms with Gasteiger partial charge in [-0.3, -0.25) is 4.79 Å². The molecule has 0 bridgehead atoms. The maximum Gasteiger partial charge on any atom is 0.228 e. The molecule has 0 radical (unpaired) electrons. The summed E-state index contributed by atoms with van der Waals surface area (Å²) in [6.07, 6.45) is 9.42. The molecule has 0 N–H and O–H groups in total. The molecular formula is C17H25N7O. The third kappa shape index (κ3) is 3.18. The number of likely N-dealkylation sites (N-methyl/N-ethyl adjacent to an activating group) is 1. The van der Waals surface area contributed by atoms with Crippen molar-refractivity contribution in [1.29, 1.82) is 0 Å². The summed E-state index contributed by atoms with van der Waals surface area (Å²) in [5.41, 5.74) is 0.896. The molecule has 1 fully saturated rings. The Morgan fingerprint density at radius 2 is 2.20 bits per heavy atom. The van der Waals surface area contributed by atoms with Gasteiger partial charge in [-0.15, -0.1) is 5.10 Å². The van der Waals surface area contributed by atoms with Gasteiger partial charge in [0.15, 0.2) is 0 Å². The van der Waals surface area contributed by atoms with E-state index in [9.17, 15) is 4.79 Å². The van der Waals surface area contributed by atoms with E-state index in [1.165, 1.54) is 12.8 Å². The van der Waals surface area contributed by atoms with Crippen LogP contribution < -0.4 is 0 Å². The van der Waals surface area contributed by atoms with Crippen molar-refractivity contribution in [1.82, 2.24) is 34.3 Å². The molecule has 25 heavy (non-hydrogen) atoms. The molecule has 1 amide bonds. The van der Waals surface area contributed by atoms with Crippen LogP contribution in [0.2, 0.25) is 0 Å². The largest absolute Gasteiger partial charge is 0.338 e. The van der Waals surface area contributed by atoms with Crippen LogP contribution in [0.4, 0.5) is 0 Å². The molecule has 8 nitrogen and oxygen atoms in total. The molecule has 134 valence electrons. The molecule has 0 aliphatic carbocycles. The van der Waals surface area contributed by atoms with Crippen LogP contribution in [0.15, 0.2) is 18.6 Å². The lowest BCUT2D eigenvalue weighted by Crippen LogP contribution is -2.37. The Morgan fingerprint density at radius 3 is 2.92 bits per heavy atom. The van der Waals surface area contributed by atoms with Crippen molar-refractivity contribution in [3.63, 3.8) is 0 Å². The summed E-state index contributed by atoms with van der Waals surface area (Å²) in [7, 11) is 4.10. The molecular weight excluding hydrogens is 318 g/mol. The number of rotatable bonds is 4. The molecule has 0 saturated carbocycles. The van der Waals surface area contributed by atoms with Gasteiger partial charge in [-0.2, -0.15) is 0 Å². The predicted molar refractivity (Wildman–Crippen MR) is 92.0 cm³/mol. The van der Waals surface area contributed by atoms with Crippen molar-refractivity contribution in [3.8, 4) is 0 Å². The van der Waals surface area contributed by atoms with Gasteiger partial charge in [0.05, 0.1) is 30.4 Å². The minimum Gasteiger partial charge on any atom is -0.338 e. The summed E-state index contributed by atoms with van der Waals surface area (Å²) in [6.45, 7) is 2.40. The smallest absolute Gasteiger partial charge is 0.228 e. The Morgan fingerprint density at radius 1 is 1.32 bits per heavy atom. The van der Waals surface area contributed by atoms with Gasteiger partial charge in [-0.25, -0.2) is 9.67 Å². The summed E-state index contributed by atoms with van der Waals surface area (Å²) in [6, 6.07) is 0.373. The Kier molecular flexibility index (Phi) is 4.29. The SMILES string of the molecule is CN(C)[C@@H]1CN(C(=O)Cc2cn3c(n2)CCCC3)C[C@@H]1n1ccnn1. The zero-order valence-corrected chi connectivity index (χ0v) is 14.9. The first-order valence-electron chi connectivity index (χ1n) is 8.97. The van der Waals surface area contributed by atoms with Crippen LogP contribution >= 0.6 is 0 Å². The van der Waals surface area contributed by atoms with Crippen molar-refractivity contribution in [3.05, 3.63) is 30.1 Å². The van der Waals surface area contributed by atoms with E-state index in [0.717, 1.165) is 24.5 Å². The van der Waals surface area contributed by atoms with Crippen LogP contribution in [-0.2, 0) is 24.2 Å². The summed E-state index contributed by atoms with van der Waals surface area (Å²) in [5, 5.41) is 8.05. The van der Waals surface area contributed by atoms with Crippen molar-refractivity contribution >= 4 is 5.91 Å². The summed E-state index contributed by atoms with van der Waals surface area (Å²) in [5.74, 6) is 1.27. The van der Waals surface area contributed by atoms with Crippen molar-refractivity contribution in [2.24, 2.45) is 0 Å². The van der Waals surface area contributed by atoms with E-state index in [-0.39, 0.29) is 18.0 Å². The lowest BCUT2D eigenvalue weighted by atomic mass is 10.1. The number of aryl methyl sites for hydroxylation is 2. The van der Waals surface area contributed by atoms with Crippen LogP contribution in [0.25, 0.3) is 0 Å². The van der Waals surface area contributed by atoms with Gasteiger partial charge >= 0.3 is 0 Å². The normalized spacial score (nSPS) is 23.2. The fourth-order valence-corrected chi connectivity index (χ4v) is 3.96. The van der Waals surface area contributed by atoms with Gasteiger partial charge < -0.3 is 14.4 Å². The monoisotopic (exact) mass is 343 g/mol. The van der Waals surface area contributed by atoms with Crippen LogP contribution in [0.5, 0.6) is 0 Å². The van der Waals surface area contributed by atoms with Crippen LogP contribution in [0.1, 0.15) is 30.4 Å². The molecule has 2 atom stereocenters. The molecule has 2 aliphatic rings. The molecule has 0 unspecified atom stereocenters. The first-order valence-corrected chi connectivity index (χ1v) is 8.97. The van der Waals surface area contributed by atoms with Gasteiger partial charge in [0.1, 0.15) is 5.82 Å². The number of carbonyl (C=O) groups is 1. The maximum absolute atomic E-state index is 12.8. The number of fused-ring (bicyclic) bond motifs is 1. The highest BCUT2D eigenvalue weighted by Gasteiger charge is 2.38. The summed E-state index contributed by atoms with van der Waals surface area (Å²) < 4.78 is 4.07. The molecule has 8 heteroatoms.